The van der Waals surface area contributed by atoms with Crippen molar-refractivity contribution >= 4 is 16.8 Å². The Balaban J connectivity index is 1.39. The van der Waals surface area contributed by atoms with Gasteiger partial charge in [0.05, 0.1) is 5.56 Å². The summed E-state index contributed by atoms with van der Waals surface area (Å²) >= 11 is 0. The molecule has 2 atom stereocenters. The van der Waals surface area contributed by atoms with Crippen molar-refractivity contribution in [1.82, 2.24) is 0 Å². The molecule has 0 bridgehead atoms. The van der Waals surface area contributed by atoms with Gasteiger partial charge in [-0.05, 0) is 54.8 Å². The highest BCUT2D eigenvalue weighted by atomic mass is 16.6. The molecule has 4 heteroatoms. The molecule has 0 radical (unpaired) electrons. The van der Waals surface area contributed by atoms with Crippen LogP contribution in [0.4, 0.5) is 0 Å². The Morgan fingerprint density at radius 2 is 1.67 bits per heavy atom. The largest absolute Gasteiger partial charge is 0.488 e. The summed E-state index contributed by atoms with van der Waals surface area (Å²) in [6.45, 7) is 4.42. The predicted molar refractivity (Wildman–Crippen MR) is 115 cm³/mol. The molecule has 0 saturated carbocycles. The zero-order valence-corrected chi connectivity index (χ0v) is 16.9. The van der Waals surface area contributed by atoms with Crippen LogP contribution in [0.25, 0.3) is 11.0 Å². The van der Waals surface area contributed by atoms with E-state index in [0.29, 0.717) is 23.7 Å². The maximum atomic E-state index is 13.3. The van der Waals surface area contributed by atoms with E-state index in [1.54, 1.807) is 0 Å². The van der Waals surface area contributed by atoms with Gasteiger partial charge in [-0.1, -0.05) is 48.5 Å². The fourth-order valence-electron chi connectivity index (χ4n) is 3.66. The van der Waals surface area contributed by atoms with Crippen LogP contribution in [0.5, 0.6) is 5.75 Å². The number of carbonyl (C=O) groups excluding carboxylic acids is 1. The van der Waals surface area contributed by atoms with Crippen LogP contribution in [0, 0.1) is 13.8 Å². The van der Waals surface area contributed by atoms with E-state index in [0.717, 1.165) is 27.7 Å². The van der Waals surface area contributed by atoms with E-state index < -0.39 is 6.10 Å². The van der Waals surface area contributed by atoms with Crippen LogP contribution in [0.3, 0.4) is 0 Å². The van der Waals surface area contributed by atoms with Crippen molar-refractivity contribution in [2.75, 3.05) is 0 Å². The smallest absolute Gasteiger partial charge is 0.198 e. The van der Waals surface area contributed by atoms with Crippen molar-refractivity contribution in [2.24, 2.45) is 0 Å². The van der Waals surface area contributed by atoms with Gasteiger partial charge in [-0.2, -0.15) is 0 Å². The molecule has 1 aliphatic heterocycles. The number of hydrogen-bond acceptors (Lipinski definition) is 4. The van der Waals surface area contributed by atoms with Crippen molar-refractivity contribution in [3.63, 3.8) is 0 Å². The van der Waals surface area contributed by atoms with Gasteiger partial charge < -0.3 is 13.9 Å². The van der Waals surface area contributed by atoms with Crippen LogP contribution in [0.2, 0.25) is 0 Å². The van der Waals surface area contributed by atoms with E-state index in [2.05, 4.69) is 0 Å². The first-order valence-corrected chi connectivity index (χ1v) is 10.1. The van der Waals surface area contributed by atoms with Crippen molar-refractivity contribution in [1.29, 1.82) is 0 Å². The first-order chi connectivity index (χ1) is 14.6. The quantitative estimate of drug-likeness (QED) is 0.297. The van der Waals surface area contributed by atoms with Gasteiger partial charge in [0, 0.05) is 5.39 Å². The van der Waals surface area contributed by atoms with E-state index in [-0.39, 0.29) is 11.9 Å². The Hall–Kier alpha value is -3.37. The maximum Gasteiger partial charge on any atom is 0.198 e. The first-order valence-electron chi connectivity index (χ1n) is 10.1. The lowest BCUT2D eigenvalue weighted by Gasteiger charge is -2.13. The Bertz CT molecular complexity index is 1190. The Labute approximate surface area is 175 Å². The SMILES string of the molecule is Cc1cc(OCc2ccccc2)c(C(=O)C2OC2c2cc3ccccc3o2)cc1C. The molecule has 2 heterocycles. The van der Waals surface area contributed by atoms with Gasteiger partial charge in [0.15, 0.2) is 11.9 Å². The van der Waals surface area contributed by atoms with E-state index in [1.807, 2.05) is 86.6 Å². The van der Waals surface area contributed by atoms with E-state index >= 15 is 0 Å². The molecule has 5 rings (SSSR count). The predicted octanol–water partition coefficient (Wildman–Crippen LogP) is 5.95. The van der Waals surface area contributed by atoms with Crippen LogP contribution in [0.15, 0.2) is 77.2 Å². The van der Waals surface area contributed by atoms with Gasteiger partial charge in [-0.3, -0.25) is 4.79 Å². The van der Waals surface area contributed by atoms with Crippen molar-refractivity contribution in [2.45, 2.75) is 32.7 Å². The second-order valence-corrected chi connectivity index (χ2v) is 7.74. The third-order valence-corrected chi connectivity index (χ3v) is 5.57. The number of benzene rings is 3. The van der Waals surface area contributed by atoms with Gasteiger partial charge in [0.25, 0.3) is 0 Å². The summed E-state index contributed by atoms with van der Waals surface area (Å²) in [5.41, 5.74) is 4.54. The lowest BCUT2D eigenvalue weighted by Crippen LogP contribution is -2.11. The molecule has 2 unspecified atom stereocenters. The molecule has 4 aromatic rings. The number of ether oxygens (including phenoxy) is 2. The lowest BCUT2D eigenvalue weighted by molar-refractivity contribution is 0.0949. The van der Waals surface area contributed by atoms with Crippen LogP contribution < -0.4 is 4.74 Å². The first kappa shape index (κ1) is 18.6. The van der Waals surface area contributed by atoms with Crippen molar-refractivity contribution in [3.05, 3.63) is 101 Å². The summed E-state index contributed by atoms with van der Waals surface area (Å²) in [7, 11) is 0. The molecule has 3 aromatic carbocycles. The fraction of sp³-hybridized carbons (Fsp3) is 0.192. The van der Waals surface area contributed by atoms with E-state index in [1.165, 1.54) is 0 Å². The topological polar surface area (TPSA) is 52.0 Å². The monoisotopic (exact) mass is 398 g/mol. The molecule has 1 aromatic heterocycles. The second kappa shape index (κ2) is 7.47. The third-order valence-electron chi connectivity index (χ3n) is 5.57. The highest BCUT2D eigenvalue weighted by Crippen LogP contribution is 2.44. The molecule has 1 aliphatic rings. The highest BCUT2D eigenvalue weighted by Gasteiger charge is 2.49. The summed E-state index contributed by atoms with van der Waals surface area (Å²) in [6.07, 6.45) is -0.903. The molecule has 1 fully saturated rings. The van der Waals surface area contributed by atoms with Gasteiger partial charge in [-0.25, -0.2) is 0 Å². The van der Waals surface area contributed by atoms with E-state index in [9.17, 15) is 4.79 Å². The number of rotatable bonds is 6. The van der Waals surface area contributed by atoms with Crippen LogP contribution in [0.1, 0.15) is 38.9 Å². The molecule has 150 valence electrons. The number of furan rings is 1. The standard InChI is InChI=1S/C26H22O4/c1-16-12-20(22(13-17(16)2)28-15-18-8-4-3-5-9-18)24(27)26-25(30-26)23-14-19-10-6-7-11-21(19)29-23/h3-14,25-26H,15H2,1-2H3. The third kappa shape index (κ3) is 3.51. The molecule has 0 spiro atoms. The molecule has 0 amide bonds. The number of Topliss-reactive ketones (excluding diaryl/α,β-unsaturated/α-hetero) is 1. The number of fused-ring (bicyclic) bond motifs is 1. The van der Waals surface area contributed by atoms with Gasteiger partial charge >= 0.3 is 0 Å². The molecule has 1 saturated heterocycles. The summed E-state index contributed by atoms with van der Waals surface area (Å²) < 4.78 is 17.7. The maximum absolute atomic E-state index is 13.3. The number of para-hydroxylation sites is 1. The Kier molecular flexibility index (Phi) is 4.64. The van der Waals surface area contributed by atoms with Crippen LogP contribution in [-0.2, 0) is 11.3 Å². The number of carbonyl (C=O) groups is 1. The normalized spacial score (nSPS) is 17.8. The minimum absolute atomic E-state index is 0.0772. The lowest BCUT2D eigenvalue weighted by atomic mass is 9.99. The number of hydrogen-bond donors (Lipinski definition) is 0. The molecule has 0 N–H and O–H groups in total. The molecule has 0 aliphatic carbocycles. The minimum Gasteiger partial charge on any atom is -0.488 e. The van der Waals surface area contributed by atoms with Gasteiger partial charge in [-0.15, -0.1) is 0 Å². The number of aryl methyl sites for hydroxylation is 2. The summed E-state index contributed by atoms with van der Waals surface area (Å²) in [5, 5.41) is 1.01. The molecule has 30 heavy (non-hydrogen) atoms. The van der Waals surface area contributed by atoms with Crippen molar-refractivity contribution < 1.29 is 18.7 Å². The fourth-order valence-corrected chi connectivity index (χ4v) is 3.66. The van der Waals surface area contributed by atoms with E-state index in [4.69, 9.17) is 13.9 Å². The average Bonchev–Trinajstić information content (AvgIpc) is 3.45. The number of epoxide rings is 1. The molecule has 4 nitrogen and oxygen atoms in total. The average molecular weight is 398 g/mol. The zero-order valence-electron chi connectivity index (χ0n) is 16.9. The highest BCUT2D eigenvalue weighted by molar-refractivity contribution is 6.04. The zero-order chi connectivity index (χ0) is 20.7. The summed E-state index contributed by atoms with van der Waals surface area (Å²) in [5.74, 6) is 1.20. The summed E-state index contributed by atoms with van der Waals surface area (Å²) in [4.78, 5) is 13.3. The van der Waals surface area contributed by atoms with Gasteiger partial charge in [0.1, 0.15) is 29.8 Å². The Morgan fingerprint density at radius 3 is 2.47 bits per heavy atom. The second-order valence-electron chi connectivity index (χ2n) is 7.74. The molecular formula is C26H22O4. The van der Waals surface area contributed by atoms with Crippen LogP contribution in [-0.4, -0.2) is 11.9 Å². The molecular weight excluding hydrogens is 376 g/mol. The minimum atomic E-state index is -0.549. The van der Waals surface area contributed by atoms with Gasteiger partial charge in [0.2, 0.25) is 0 Å². The van der Waals surface area contributed by atoms with Crippen molar-refractivity contribution in [3.8, 4) is 5.75 Å². The Morgan fingerprint density at radius 1 is 0.933 bits per heavy atom. The van der Waals surface area contributed by atoms with Crippen LogP contribution >= 0.6 is 0 Å². The summed E-state index contributed by atoms with van der Waals surface area (Å²) in [6, 6.07) is 23.5. The number of ketones is 1.